The zero-order valence-electron chi connectivity index (χ0n) is 13.5. The highest BCUT2D eigenvalue weighted by Gasteiger charge is 2.20. The van der Waals surface area contributed by atoms with Crippen molar-refractivity contribution in [3.63, 3.8) is 0 Å². The predicted molar refractivity (Wildman–Crippen MR) is 89.5 cm³/mol. The summed E-state index contributed by atoms with van der Waals surface area (Å²) in [5, 5.41) is 5.67. The van der Waals surface area contributed by atoms with Gasteiger partial charge in [0.05, 0.1) is 0 Å². The van der Waals surface area contributed by atoms with Gasteiger partial charge in [0.15, 0.2) is 0 Å². The molecule has 0 atom stereocenters. The zero-order chi connectivity index (χ0) is 15.5. The van der Waals surface area contributed by atoms with Crippen molar-refractivity contribution in [2.75, 3.05) is 6.54 Å². The average Bonchev–Trinajstić information content (AvgIpc) is 2.43. The van der Waals surface area contributed by atoms with Gasteiger partial charge in [0.25, 0.3) is 0 Å². The highest BCUT2D eigenvalue weighted by molar-refractivity contribution is 5.88. The van der Waals surface area contributed by atoms with Gasteiger partial charge in [0, 0.05) is 12.0 Å². The summed E-state index contributed by atoms with van der Waals surface area (Å²) in [6.45, 7) is 8.70. The number of hydrogen-bond donors (Lipinski definition) is 1. The number of aryl methyl sites for hydroxylation is 2. The van der Waals surface area contributed by atoms with Crippen LogP contribution in [0.4, 0.5) is 0 Å². The van der Waals surface area contributed by atoms with Crippen LogP contribution in [0.25, 0.3) is 10.8 Å². The molecule has 0 radical (unpaired) electrons. The Hall–Kier alpha value is -1.83. The van der Waals surface area contributed by atoms with E-state index in [-0.39, 0.29) is 11.3 Å². The van der Waals surface area contributed by atoms with Gasteiger partial charge in [-0.2, -0.15) is 0 Å². The predicted octanol–water partition coefficient (Wildman–Crippen LogP) is 4.24. The van der Waals surface area contributed by atoms with E-state index in [1.54, 1.807) is 0 Å². The molecule has 0 saturated carbocycles. The van der Waals surface area contributed by atoms with Gasteiger partial charge in [-0.15, -0.1) is 0 Å². The number of carbonyl (C=O) groups excluding carboxylic acids is 1. The SMILES string of the molecule is Cc1cccc2c(CCCNC(=O)C(C)(C)C)cccc12. The first-order valence-electron chi connectivity index (χ1n) is 7.65. The molecule has 0 aliphatic carbocycles. The van der Waals surface area contributed by atoms with Crippen molar-refractivity contribution in [2.24, 2.45) is 5.41 Å². The molecule has 0 heterocycles. The third-order valence-electron chi connectivity index (χ3n) is 3.82. The van der Waals surface area contributed by atoms with Crippen molar-refractivity contribution in [2.45, 2.75) is 40.5 Å². The van der Waals surface area contributed by atoms with Crippen molar-refractivity contribution >= 4 is 16.7 Å². The molecule has 0 aliphatic heterocycles. The number of nitrogens with one attached hydrogen (secondary N) is 1. The Kier molecular flexibility index (Phi) is 4.66. The Balaban J connectivity index is 1.99. The Labute approximate surface area is 127 Å². The van der Waals surface area contributed by atoms with Gasteiger partial charge in [0.2, 0.25) is 5.91 Å². The molecule has 0 unspecified atom stereocenters. The number of rotatable bonds is 4. The summed E-state index contributed by atoms with van der Waals surface area (Å²) in [4.78, 5) is 11.8. The van der Waals surface area contributed by atoms with Gasteiger partial charge in [0.1, 0.15) is 0 Å². The number of hydrogen-bond acceptors (Lipinski definition) is 1. The first-order valence-corrected chi connectivity index (χ1v) is 7.65. The third-order valence-corrected chi connectivity index (χ3v) is 3.82. The maximum absolute atomic E-state index is 11.8. The molecule has 0 aromatic heterocycles. The minimum Gasteiger partial charge on any atom is -0.356 e. The smallest absolute Gasteiger partial charge is 0.225 e. The van der Waals surface area contributed by atoms with Crippen LogP contribution >= 0.6 is 0 Å². The van der Waals surface area contributed by atoms with Crippen LogP contribution in [-0.4, -0.2) is 12.5 Å². The Morgan fingerprint density at radius 2 is 1.71 bits per heavy atom. The number of benzene rings is 2. The summed E-state index contributed by atoms with van der Waals surface area (Å²) in [5.41, 5.74) is 2.37. The molecule has 2 aromatic rings. The summed E-state index contributed by atoms with van der Waals surface area (Å²) in [5.74, 6) is 0.122. The molecule has 21 heavy (non-hydrogen) atoms. The molecule has 0 aliphatic rings. The van der Waals surface area contributed by atoms with Crippen molar-refractivity contribution in [3.8, 4) is 0 Å². The van der Waals surface area contributed by atoms with Gasteiger partial charge in [-0.25, -0.2) is 0 Å². The van der Waals surface area contributed by atoms with E-state index in [1.807, 2.05) is 20.8 Å². The van der Waals surface area contributed by atoms with Crippen LogP contribution in [0.15, 0.2) is 36.4 Å². The monoisotopic (exact) mass is 283 g/mol. The molecular weight excluding hydrogens is 258 g/mol. The van der Waals surface area contributed by atoms with E-state index in [0.717, 1.165) is 19.4 Å². The number of fused-ring (bicyclic) bond motifs is 1. The first kappa shape index (κ1) is 15.6. The van der Waals surface area contributed by atoms with Gasteiger partial charge in [-0.1, -0.05) is 57.2 Å². The van der Waals surface area contributed by atoms with Crippen LogP contribution in [0.5, 0.6) is 0 Å². The molecule has 1 amide bonds. The second-order valence-electron chi connectivity index (χ2n) is 6.70. The van der Waals surface area contributed by atoms with E-state index < -0.39 is 0 Å². The van der Waals surface area contributed by atoms with Crippen molar-refractivity contribution in [3.05, 3.63) is 47.5 Å². The molecule has 0 fully saturated rings. The maximum atomic E-state index is 11.8. The lowest BCUT2D eigenvalue weighted by Gasteiger charge is -2.17. The van der Waals surface area contributed by atoms with Crippen LogP contribution < -0.4 is 5.32 Å². The Bertz CT molecular complexity index is 638. The standard InChI is InChI=1S/C19H25NO/c1-14-8-5-12-17-15(9-6-11-16(14)17)10-7-13-20-18(21)19(2,3)4/h5-6,8-9,11-12H,7,10,13H2,1-4H3,(H,20,21). The summed E-state index contributed by atoms with van der Waals surface area (Å²) in [7, 11) is 0. The third kappa shape index (κ3) is 3.84. The van der Waals surface area contributed by atoms with Gasteiger partial charge in [-0.05, 0) is 41.7 Å². The van der Waals surface area contributed by atoms with Crippen LogP contribution in [0.1, 0.15) is 38.3 Å². The van der Waals surface area contributed by atoms with Crippen molar-refractivity contribution in [1.29, 1.82) is 0 Å². The molecule has 112 valence electrons. The summed E-state index contributed by atoms with van der Waals surface area (Å²) in [6, 6.07) is 12.9. The van der Waals surface area contributed by atoms with Crippen LogP contribution in [-0.2, 0) is 11.2 Å². The van der Waals surface area contributed by atoms with E-state index in [2.05, 4.69) is 48.6 Å². The fourth-order valence-electron chi connectivity index (χ4n) is 2.50. The van der Waals surface area contributed by atoms with Gasteiger partial charge in [-0.3, -0.25) is 4.79 Å². The minimum absolute atomic E-state index is 0.122. The lowest BCUT2D eigenvalue weighted by Crippen LogP contribution is -2.35. The normalized spacial score (nSPS) is 11.6. The summed E-state index contributed by atoms with van der Waals surface area (Å²) < 4.78 is 0. The molecule has 0 bridgehead atoms. The quantitative estimate of drug-likeness (QED) is 0.835. The topological polar surface area (TPSA) is 29.1 Å². The molecule has 0 spiro atoms. The average molecular weight is 283 g/mol. The molecule has 1 N–H and O–H groups in total. The summed E-state index contributed by atoms with van der Waals surface area (Å²) in [6.07, 6.45) is 1.96. The van der Waals surface area contributed by atoms with Crippen LogP contribution in [0.3, 0.4) is 0 Å². The fourth-order valence-corrected chi connectivity index (χ4v) is 2.50. The minimum atomic E-state index is -0.309. The second kappa shape index (κ2) is 6.30. The molecular formula is C19H25NO. The fraction of sp³-hybridized carbons (Fsp3) is 0.421. The zero-order valence-corrected chi connectivity index (χ0v) is 13.5. The largest absolute Gasteiger partial charge is 0.356 e. The van der Waals surface area contributed by atoms with E-state index in [9.17, 15) is 4.79 Å². The highest BCUT2D eigenvalue weighted by atomic mass is 16.2. The van der Waals surface area contributed by atoms with Crippen LogP contribution in [0, 0.1) is 12.3 Å². The number of carbonyl (C=O) groups is 1. The molecule has 2 rings (SSSR count). The first-order chi connectivity index (χ1) is 9.89. The van der Waals surface area contributed by atoms with E-state index in [1.165, 1.54) is 21.9 Å². The van der Waals surface area contributed by atoms with E-state index >= 15 is 0 Å². The van der Waals surface area contributed by atoms with Gasteiger partial charge < -0.3 is 5.32 Å². The Morgan fingerprint density at radius 3 is 2.43 bits per heavy atom. The molecule has 0 saturated heterocycles. The molecule has 2 aromatic carbocycles. The highest BCUT2D eigenvalue weighted by Crippen LogP contribution is 2.22. The lowest BCUT2D eigenvalue weighted by atomic mass is 9.95. The Morgan fingerprint density at radius 1 is 1.05 bits per heavy atom. The van der Waals surface area contributed by atoms with Crippen molar-refractivity contribution < 1.29 is 4.79 Å². The lowest BCUT2D eigenvalue weighted by molar-refractivity contribution is -0.128. The molecule has 2 nitrogen and oxygen atoms in total. The maximum Gasteiger partial charge on any atom is 0.225 e. The van der Waals surface area contributed by atoms with E-state index in [0.29, 0.717) is 0 Å². The van der Waals surface area contributed by atoms with Gasteiger partial charge >= 0.3 is 0 Å². The van der Waals surface area contributed by atoms with Crippen molar-refractivity contribution in [1.82, 2.24) is 5.32 Å². The number of amides is 1. The molecule has 2 heteroatoms. The van der Waals surface area contributed by atoms with E-state index in [4.69, 9.17) is 0 Å². The summed E-state index contributed by atoms with van der Waals surface area (Å²) >= 11 is 0. The van der Waals surface area contributed by atoms with Crippen LogP contribution in [0.2, 0.25) is 0 Å². The second-order valence-corrected chi connectivity index (χ2v) is 6.70.